The van der Waals surface area contributed by atoms with E-state index in [0.29, 0.717) is 37.3 Å². The van der Waals surface area contributed by atoms with Crippen LogP contribution in [0, 0.1) is 6.92 Å². The summed E-state index contributed by atoms with van der Waals surface area (Å²) < 4.78 is 5.19. The maximum Gasteiger partial charge on any atom is 0.336 e. The molecule has 1 saturated heterocycles. The van der Waals surface area contributed by atoms with Gasteiger partial charge in [0.25, 0.3) is 0 Å². The van der Waals surface area contributed by atoms with Gasteiger partial charge in [0.05, 0.1) is 5.56 Å². The van der Waals surface area contributed by atoms with Gasteiger partial charge in [-0.15, -0.1) is 0 Å². The average molecular weight is 278 g/mol. The summed E-state index contributed by atoms with van der Waals surface area (Å²) in [6, 6.07) is 4.77. The van der Waals surface area contributed by atoms with E-state index in [-0.39, 0.29) is 11.5 Å². The highest BCUT2D eigenvalue weighted by Gasteiger charge is 2.35. The van der Waals surface area contributed by atoms with E-state index < -0.39 is 11.5 Å². The Kier molecular flexibility index (Phi) is 4.06. The predicted molar refractivity (Wildman–Crippen MR) is 73.7 cm³/mol. The number of aryl methyl sites for hydroxylation is 1. The molecule has 1 amide bonds. The number of nitrogens with one attached hydrogen (secondary N) is 1. The number of carbonyl (C=O) groups excluding carboxylic acids is 1. The molecule has 0 spiro atoms. The van der Waals surface area contributed by atoms with Gasteiger partial charge in [-0.2, -0.15) is 0 Å². The fourth-order valence-electron chi connectivity index (χ4n) is 2.15. The minimum absolute atomic E-state index is 0.167. The largest absolute Gasteiger partial charge is 0.478 e. The lowest BCUT2D eigenvalue weighted by Gasteiger charge is -2.31. The number of anilines is 1. The molecule has 0 saturated carbocycles. The lowest BCUT2D eigenvalue weighted by atomic mass is 9.90. The van der Waals surface area contributed by atoms with Crippen molar-refractivity contribution in [3.8, 4) is 0 Å². The van der Waals surface area contributed by atoms with Crippen molar-refractivity contribution in [3.63, 3.8) is 0 Å². The number of hydrogen-bond donors (Lipinski definition) is 3. The van der Waals surface area contributed by atoms with Gasteiger partial charge in [-0.25, -0.2) is 4.79 Å². The number of benzene rings is 1. The van der Waals surface area contributed by atoms with Crippen LogP contribution in [0.5, 0.6) is 0 Å². The summed E-state index contributed by atoms with van der Waals surface area (Å²) in [7, 11) is 0. The Morgan fingerprint density at radius 3 is 2.60 bits per heavy atom. The second-order valence-electron chi connectivity index (χ2n) is 5.06. The second kappa shape index (κ2) is 5.60. The fraction of sp³-hybridized carbons (Fsp3) is 0.429. The van der Waals surface area contributed by atoms with Crippen molar-refractivity contribution in [1.82, 2.24) is 0 Å². The highest BCUT2D eigenvalue weighted by Crippen LogP contribution is 2.21. The lowest BCUT2D eigenvalue weighted by Crippen LogP contribution is -2.54. The molecule has 0 unspecified atom stereocenters. The highest BCUT2D eigenvalue weighted by atomic mass is 16.5. The van der Waals surface area contributed by atoms with Crippen LogP contribution in [0.15, 0.2) is 18.2 Å². The number of aromatic carboxylic acids is 1. The quantitative estimate of drug-likeness (QED) is 0.769. The molecule has 1 heterocycles. The Hall–Kier alpha value is -1.92. The first-order valence-electron chi connectivity index (χ1n) is 6.44. The molecule has 20 heavy (non-hydrogen) atoms. The zero-order chi connectivity index (χ0) is 14.8. The summed E-state index contributed by atoms with van der Waals surface area (Å²) in [5, 5.41) is 11.8. The van der Waals surface area contributed by atoms with Crippen molar-refractivity contribution in [3.05, 3.63) is 29.3 Å². The van der Waals surface area contributed by atoms with Crippen molar-refractivity contribution in [2.24, 2.45) is 5.73 Å². The highest BCUT2D eigenvalue weighted by molar-refractivity contribution is 5.99. The van der Waals surface area contributed by atoms with Gasteiger partial charge < -0.3 is 20.9 Å². The topological polar surface area (TPSA) is 102 Å². The first kappa shape index (κ1) is 14.5. The van der Waals surface area contributed by atoms with Gasteiger partial charge in [0.1, 0.15) is 5.54 Å². The molecular formula is C14H18N2O4. The van der Waals surface area contributed by atoms with Crippen molar-refractivity contribution in [1.29, 1.82) is 0 Å². The Balaban J connectivity index is 2.15. The molecule has 6 heteroatoms. The molecule has 0 aromatic heterocycles. The fourth-order valence-corrected chi connectivity index (χ4v) is 2.15. The predicted octanol–water partition coefficient (Wildman–Crippen LogP) is 1.14. The number of rotatable bonds is 3. The van der Waals surface area contributed by atoms with Crippen LogP contribution in [-0.2, 0) is 9.53 Å². The van der Waals surface area contributed by atoms with Crippen molar-refractivity contribution in [2.75, 3.05) is 18.5 Å². The number of carboxylic acid groups (broad SMARTS) is 1. The monoisotopic (exact) mass is 278 g/mol. The molecule has 108 valence electrons. The maximum absolute atomic E-state index is 12.2. The maximum atomic E-state index is 12.2. The van der Waals surface area contributed by atoms with Gasteiger partial charge in [-0.1, -0.05) is 6.07 Å². The summed E-state index contributed by atoms with van der Waals surface area (Å²) >= 11 is 0. The van der Waals surface area contributed by atoms with Gasteiger partial charge >= 0.3 is 5.97 Å². The molecule has 1 aliphatic rings. The van der Waals surface area contributed by atoms with Crippen molar-refractivity contribution in [2.45, 2.75) is 25.3 Å². The SMILES string of the molecule is Cc1ccc(NC(=O)C2(N)CCOCC2)cc1C(=O)O. The molecule has 1 aliphatic heterocycles. The molecule has 4 N–H and O–H groups in total. The zero-order valence-corrected chi connectivity index (χ0v) is 11.3. The second-order valence-corrected chi connectivity index (χ2v) is 5.06. The van der Waals surface area contributed by atoms with E-state index in [1.807, 2.05) is 0 Å². The van der Waals surface area contributed by atoms with Crippen LogP contribution in [-0.4, -0.2) is 35.7 Å². The van der Waals surface area contributed by atoms with Gasteiger partial charge in [0.15, 0.2) is 0 Å². The third-order valence-corrected chi connectivity index (χ3v) is 3.56. The smallest absolute Gasteiger partial charge is 0.336 e. The molecule has 0 aliphatic carbocycles. The molecule has 1 aromatic carbocycles. The van der Waals surface area contributed by atoms with Crippen LogP contribution in [0.4, 0.5) is 5.69 Å². The number of nitrogens with two attached hydrogens (primary N) is 1. The Morgan fingerprint density at radius 2 is 2.00 bits per heavy atom. The van der Waals surface area contributed by atoms with E-state index in [2.05, 4.69) is 5.32 Å². The lowest BCUT2D eigenvalue weighted by molar-refractivity contribution is -0.124. The third-order valence-electron chi connectivity index (χ3n) is 3.56. The summed E-state index contributed by atoms with van der Waals surface area (Å²) in [6.07, 6.45) is 0.910. The van der Waals surface area contributed by atoms with Crippen LogP contribution in [0.1, 0.15) is 28.8 Å². The molecule has 1 aromatic rings. The normalized spacial score (nSPS) is 17.5. The third kappa shape index (κ3) is 2.97. The minimum atomic E-state index is -1.02. The number of carbonyl (C=O) groups is 2. The van der Waals surface area contributed by atoms with E-state index in [1.165, 1.54) is 6.07 Å². The van der Waals surface area contributed by atoms with Crippen LogP contribution in [0.3, 0.4) is 0 Å². The number of amides is 1. The van der Waals surface area contributed by atoms with Gasteiger partial charge in [0, 0.05) is 18.9 Å². The van der Waals surface area contributed by atoms with E-state index in [0.717, 1.165) is 0 Å². The first-order chi connectivity index (χ1) is 9.42. The molecule has 2 rings (SSSR count). The van der Waals surface area contributed by atoms with Gasteiger partial charge in [0.2, 0.25) is 5.91 Å². The summed E-state index contributed by atoms with van der Waals surface area (Å²) in [5.41, 5.74) is 6.37. The molecule has 0 bridgehead atoms. The summed E-state index contributed by atoms with van der Waals surface area (Å²) in [4.78, 5) is 23.3. The number of hydrogen-bond acceptors (Lipinski definition) is 4. The standard InChI is InChI=1S/C14H18N2O4/c1-9-2-3-10(8-11(9)12(17)18)16-13(19)14(15)4-6-20-7-5-14/h2-3,8H,4-7,15H2,1H3,(H,16,19)(H,17,18). The Morgan fingerprint density at radius 1 is 1.35 bits per heavy atom. The van der Waals surface area contributed by atoms with Crippen molar-refractivity contribution < 1.29 is 19.4 Å². The molecule has 6 nitrogen and oxygen atoms in total. The van der Waals surface area contributed by atoms with E-state index in [9.17, 15) is 9.59 Å². The first-order valence-corrected chi connectivity index (χ1v) is 6.44. The van der Waals surface area contributed by atoms with Crippen LogP contribution in [0.25, 0.3) is 0 Å². The molecule has 1 fully saturated rings. The van der Waals surface area contributed by atoms with Gasteiger partial charge in [-0.05, 0) is 37.5 Å². The Labute approximate surface area is 116 Å². The Bertz CT molecular complexity index is 536. The van der Waals surface area contributed by atoms with Crippen molar-refractivity contribution >= 4 is 17.6 Å². The minimum Gasteiger partial charge on any atom is -0.478 e. The molecular weight excluding hydrogens is 260 g/mol. The van der Waals surface area contributed by atoms with E-state index in [1.54, 1.807) is 19.1 Å². The number of ether oxygens (including phenoxy) is 1. The molecule has 0 radical (unpaired) electrons. The van der Waals surface area contributed by atoms with E-state index in [4.69, 9.17) is 15.6 Å². The summed E-state index contributed by atoms with van der Waals surface area (Å²) in [6.45, 7) is 2.62. The van der Waals surface area contributed by atoms with Crippen LogP contribution in [0.2, 0.25) is 0 Å². The molecule has 0 atom stereocenters. The number of carboxylic acids is 1. The zero-order valence-electron chi connectivity index (χ0n) is 11.3. The van der Waals surface area contributed by atoms with Gasteiger partial charge in [-0.3, -0.25) is 4.79 Å². The summed E-state index contributed by atoms with van der Waals surface area (Å²) in [5.74, 6) is -1.33. The van der Waals surface area contributed by atoms with Crippen LogP contribution >= 0.6 is 0 Å². The van der Waals surface area contributed by atoms with Crippen LogP contribution < -0.4 is 11.1 Å². The van der Waals surface area contributed by atoms with E-state index >= 15 is 0 Å². The average Bonchev–Trinajstić information content (AvgIpc) is 2.41.